The molecule has 4 aromatic rings. The molecule has 1 N–H and O–H groups in total. The molecule has 0 saturated heterocycles. The van der Waals surface area contributed by atoms with Gasteiger partial charge in [0.05, 0.1) is 32.0 Å². The number of ether oxygens (including phenoxy) is 3. The van der Waals surface area contributed by atoms with Gasteiger partial charge < -0.3 is 24.4 Å². The molecular formula is C29H30N4O5. The number of likely N-dealkylation sites (N-methyl/N-ethyl adjacent to an activating group) is 1. The molecule has 1 aromatic heterocycles. The Hall–Kier alpha value is -4.79. The van der Waals surface area contributed by atoms with Gasteiger partial charge in [-0.15, -0.1) is 0 Å². The van der Waals surface area contributed by atoms with Crippen LogP contribution in [0.3, 0.4) is 0 Å². The van der Waals surface area contributed by atoms with Crippen molar-refractivity contribution in [2.24, 2.45) is 0 Å². The summed E-state index contributed by atoms with van der Waals surface area (Å²) in [5, 5.41) is 6.96. The van der Waals surface area contributed by atoms with E-state index in [1.54, 1.807) is 37.4 Å². The van der Waals surface area contributed by atoms with Crippen LogP contribution in [-0.4, -0.2) is 42.4 Å². The summed E-state index contributed by atoms with van der Waals surface area (Å²) in [5.41, 5.74) is 2.39. The molecule has 196 valence electrons. The van der Waals surface area contributed by atoms with E-state index in [1.807, 2.05) is 67.6 Å². The number of aryl methyl sites for hydroxylation is 1. The highest BCUT2D eigenvalue weighted by atomic mass is 16.5. The summed E-state index contributed by atoms with van der Waals surface area (Å²) in [6.07, 6.45) is 3.27. The summed E-state index contributed by atoms with van der Waals surface area (Å²) >= 11 is 0. The summed E-state index contributed by atoms with van der Waals surface area (Å²) in [5.74, 6) is 2.22. The number of anilines is 2. The van der Waals surface area contributed by atoms with E-state index in [1.165, 1.54) is 10.9 Å². The van der Waals surface area contributed by atoms with E-state index in [-0.39, 0.29) is 31.4 Å². The van der Waals surface area contributed by atoms with Crippen LogP contribution < -0.4 is 24.4 Å². The SMILES string of the molecule is COc1ccccc1OCCC(=O)Nc1cnn(CC(=O)N(C)c2ccc(Oc3ccc(C)cc3)cc2)c1. The second-order valence-corrected chi connectivity index (χ2v) is 8.59. The molecule has 2 amide bonds. The predicted octanol–water partition coefficient (Wildman–Crippen LogP) is 5.06. The first kappa shape index (κ1) is 26.3. The van der Waals surface area contributed by atoms with Crippen molar-refractivity contribution in [1.29, 1.82) is 0 Å². The van der Waals surface area contributed by atoms with Gasteiger partial charge in [0, 0.05) is 18.9 Å². The minimum Gasteiger partial charge on any atom is -0.493 e. The van der Waals surface area contributed by atoms with Crippen LogP contribution >= 0.6 is 0 Å². The quantitative estimate of drug-likeness (QED) is 0.301. The Bertz CT molecular complexity index is 1370. The molecule has 0 saturated carbocycles. The molecule has 0 radical (unpaired) electrons. The second kappa shape index (κ2) is 12.4. The average molecular weight is 515 g/mol. The molecule has 0 aliphatic carbocycles. The largest absolute Gasteiger partial charge is 0.493 e. The van der Waals surface area contributed by atoms with E-state index < -0.39 is 0 Å². The maximum Gasteiger partial charge on any atom is 0.248 e. The zero-order valence-corrected chi connectivity index (χ0v) is 21.6. The van der Waals surface area contributed by atoms with E-state index in [0.29, 0.717) is 22.9 Å². The molecule has 0 atom stereocenters. The number of amides is 2. The summed E-state index contributed by atoms with van der Waals surface area (Å²) in [4.78, 5) is 26.6. The number of benzene rings is 3. The fraction of sp³-hybridized carbons (Fsp3) is 0.207. The molecule has 0 aliphatic rings. The van der Waals surface area contributed by atoms with Crippen molar-refractivity contribution in [1.82, 2.24) is 9.78 Å². The molecule has 0 unspecified atom stereocenters. The number of carbonyl (C=O) groups excluding carboxylic acids is 2. The first-order valence-corrected chi connectivity index (χ1v) is 12.1. The first-order chi connectivity index (χ1) is 18.4. The highest BCUT2D eigenvalue weighted by molar-refractivity contribution is 5.93. The lowest BCUT2D eigenvalue weighted by Gasteiger charge is -2.18. The smallest absolute Gasteiger partial charge is 0.248 e. The van der Waals surface area contributed by atoms with E-state index in [0.717, 1.165) is 17.0 Å². The molecule has 9 nitrogen and oxygen atoms in total. The van der Waals surface area contributed by atoms with Crippen molar-refractivity contribution in [3.8, 4) is 23.0 Å². The Morgan fingerprint density at radius 3 is 2.29 bits per heavy atom. The van der Waals surface area contributed by atoms with Crippen molar-refractivity contribution in [2.45, 2.75) is 19.9 Å². The lowest BCUT2D eigenvalue weighted by Crippen LogP contribution is -2.30. The minimum atomic E-state index is -0.226. The summed E-state index contributed by atoms with van der Waals surface area (Å²) in [7, 11) is 3.26. The monoisotopic (exact) mass is 514 g/mol. The van der Waals surface area contributed by atoms with E-state index in [4.69, 9.17) is 14.2 Å². The third-order valence-electron chi connectivity index (χ3n) is 5.72. The molecule has 1 heterocycles. The van der Waals surface area contributed by atoms with Gasteiger partial charge in [0.2, 0.25) is 11.8 Å². The highest BCUT2D eigenvalue weighted by Gasteiger charge is 2.14. The van der Waals surface area contributed by atoms with Gasteiger partial charge in [-0.05, 0) is 55.5 Å². The summed E-state index contributed by atoms with van der Waals surface area (Å²) < 4.78 is 18.2. The number of hydrogen-bond acceptors (Lipinski definition) is 6. The fourth-order valence-electron chi connectivity index (χ4n) is 3.60. The topological polar surface area (TPSA) is 94.9 Å². The fourth-order valence-corrected chi connectivity index (χ4v) is 3.60. The number of carbonyl (C=O) groups is 2. The Kier molecular flexibility index (Phi) is 8.61. The zero-order valence-electron chi connectivity index (χ0n) is 21.6. The molecule has 0 spiro atoms. The molecule has 0 bridgehead atoms. The first-order valence-electron chi connectivity index (χ1n) is 12.1. The number of nitrogens with zero attached hydrogens (tertiary/aromatic N) is 3. The predicted molar refractivity (Wildman–Crippen MR) is 145 cm³/mol. The second-order valence-electron chi connectivity index (χ2n) is 8.59. The molecule has 3 aromatic carbocycles. The molecule has 0 fully saturated rings. The minimum absolute atomic E-state index is 0.0188. The van der Waals surface area contributed by atoms with Gasteiger partial charge in [-0.25, -0.2) is 0 Å². The van der Waals surface area contributed by atoms with Gasteiger partial charge >= 0.3 is 0 Å². The summed E-state index contributed by atoms with van der Waals surface area (Å²) in [6.45, 7) is 2.23. The lowest BCUT2D eigenvalue weighted by molar-refractivity contribution is -0.119. The molecule has 38 heavy (non-hydrogen) atoms. The number of para-hydroxylation sites is 2. The average Bonchev–Trinajstić information content (AvgIpc) is 3.36. The van der Waals surface area contributed by atoms with Crippen molar-refractivity contribution in [2.75, 3.05) is 31.0 Å². The Morgan fingerprint density at radius 1 is 0.947 bits per heavy atom. The van der Waals surface area contributed by atoms with Crippen LogP contribution in [-0.2, 0) is 16.1 Å². The van der Waals surface area contributed by atoms with Crippen LogP contribution in [0.4, 0.5) is 11.4 Å². The van der Waals surface area contributed by atoms with E-state index >= 15 is 0 Å². The number of rotatable bonds is 11. The van der Waals surface area contributed by atoms with Crippen LogP contribution in [0.1, 0.15) is 12.0 Å². The van der Waals surface area contributed by atoms with Gasteiger partial charge in [-0.3, -0.25) is 14.3 Å². The standard InChI is InChI=1S/C29H30N4O5/c1-21-8-12-24(13-9-21)38-25-14-10-23(11-15-25)32(2)29(35)20-33-19-22(18-30-33)31-28(34)16-17-37-27-7-5-4-6-26(27)36-3/h4-15,18-19H,16-17,20H2,1-3H3,(H,31,34). The Balaban J connectivity index is 1.24. The summed E-state index contributed by atoms with van der Waals surface area (Å²) in [6, 6.07) is 22.3. The number of nitrogens with one attached hydrogen (secondary N) is 1. The zero-order chi connectivity index (χ0) is 26.9. The lowest BCUT2D eigenvalue weighted by atomic mass is 10.2. The number of hydrogen-bond donors (Lipinski definition) is 1. The van der Waals surface area contributed by atoms with E-state index in [9.17, 15) is 9.59 Å². The van der Waals surface area contributed by atoms with E-state index in [2.05, 4.69) is 10.4 Å². The van der Waals surface area contributed by atoms with Crippen molar-refractivity contribution < 1.29 is 23.8 Å². The van der Waals surface area contributed by atoms with Crippen LogP contribution in [0.2, 0.25) is 0 Å². The molecule has 4 rings (SSSR count). The normalized spacial score (nSPS) is 10.5. The third-order valence-corrected chi connectivity index (χ3v) is 5.72. The van der Waals surface area contributed by atoms with Crippen molar-refractivity contribution in [3.63, 3.8) is 0 Å². The molecule has 9 heteroatoms. The number of methoxy groups -OCH3 is 1. The Labute approximate surface area is 221 Å². The van der Waals surface area contributed by atoms with Crippen LogP contribution in [0, 0.1) is 6.92 Å². The molecule has 0 aliphatic heterocycles. The third kappa shape index (κ3) is 7.13. The van der Waals surface area contributed by atoms with Crippen LogP contribution in [0.5, 0.6) is 23.0 Å². The maximum atomic E-state index is 12.8. The number of aromatic nitrogens is 2. The maximum absolute atomic E-state index is 12.8. The van der Waals surface area contributed by atoms with Crippen molar-refractivity contribution >= 4 is 23.2 Å². The van der Waals surface area contributed by atoms with Gasteiger partial charge in [0.1, 0.15) is 18.0 Å². The van der Waals surface area contributed by atoms with Gasteiger partial charge in [-0.2, -0.15) is 5.10 Å². The highest BCUT2D eigenvalue weighted by Crippen LogP contribution is 2.26. The van der Waals surface area contributed by atoms with Gasteiger partial charge in [0.15, 0.2) is 11.5 Å². The van der Waals surface area contributed by atoms with Gasteiger partial charge in [-0.1, -0.05) is 29.8 Å². The van der Waals surface area contributed by atoms with Crippen LogP contribution in [0.25, 0.3) is 0 Å². The van der Waals surface area contributed by atoms with Crippen molar-refractivity contribution in [3.05, 3.63) is 90.8 Å². The Morgan fingerprint density at radius 2 is 1.61 bits per heavy atom. The molecular weight excluding hydrogens is 484 g/mol. The van der Waals surface area contributed by atoms with Gasteiger partial charge in [0.25, 0.3) is 0 Å². The van der Waals surface area contributed by atoms with Crippen LogP contribution in [0.15, 0.2) is 85.2 Å².